The summed E-state index contributed by atoms with van der Waals surface area (Å²) in [7, 11) is 0. The van der Waals surface area contributed by atoms with Gasteiger partial charge in [0, 0.05) is 28.7 Å². The number of rotatable bonds is 8. The Morgan fingerprint density at radius 2 is 1.58 bits per heavy atom. The topological polar surface area (TPSA) is 71.3 Å². The van der Waals surface area contributed by atoms with Crippen LogP contribution in [0.1, 0.15) is 56.9 Å². The van der Waals surface area contributed by atoms with Crippen LogP contribution in [0.5, 0.6) is 0 Å². The Kier molecular flexibility index (Phi) is 7.09. The Bertz CT molecular complexity index is 1600. The van der Waals surface area contributed by atoms with Gasteiger partial charge in [0.2, 0.25) is 0 Å². The van der Waals surface area contributed by atoms with Gasteiger partial charge in [-0.05, 0) is 65.9 Å². The molecule has 38 heavy (non-hydrogen) atoms. The molecule has 0 fully saturated rings. The van der Waals surface area contributed by atoms with Gasteiger partial charge < -0.3 is 15.0 Å². The van der Waals surface area contributed by atoms with Gasteiger partial charge in [-0.2, -0.15) is 0 Å². The van der Waals surface area contributed by atoms with Crippen molar-refractivity contribution in [1.82, 2.24) is 9.88 Å². The van der Waals surface area contributed by atoms with Crippen molar-refractivity contribution in [1.29, 1.82) is 0 Å². The third kappa shape index (κ3) is 5.09. The van der Waals surface area contributed by atoms with Crippen LogP contribution in [0.15, 0.2) is 103 Å². The van der Waals surface area contributed by atoms with Crippen molar-refractivity contribution < 1.29 is 14.7 Å². The van der Waals surface area contributed by atoms with Gasteiger partial charge in [0.1, 0.15) is 0 Å². The predicted molar refractivity (Wildman–Crippen MR) is 152 cm³/mol. The Hall–Kier alpha value is -4.64. The average Bonchev–Trinajstić information content (AvgIpc) is 3.26. The van der Waals surface area contributed by atoms with Crippen molar-refractivity contribution in [3.05, 3.63) is 131 Å². The largest absolute Gasteiger partial charge is 0.478 e. The average molecular weight is 503 g/mol. The first-order valence-electron chi connectivity index (χ1n) is 12.8. The van der Waals surface area contributed by atoms with E-state index in [-0.39, 0.29) is 11.9 Å². The molecule has 0 aliphatic carbocycles. The van der Waals surface area contributed by atoms with E-state index in [2.05, 4.69) is 29.8 Å². The third-order valence-corrected chi connectivity index (χ3v) is 7.05. The van der Waals surface area contributed by atoms with E-state index in [9.17, 15) is 14.7 Å². The molecule has 2 N–H and O–H groups in total. The lowest BCUT2D eigenvalue weighted by atomic mass is 9.99. The van der Waals surface area contributed by atoms with E-state index in [0.29, 0.717) is 23.2 Å². The smallest absolute Gasteiger partial charge is 0.336 e. The van der Waals surface area contributed by atoms with Crippen LogP contribution in [-0.2, 0) is 6.54 Å². The van der Waals surface area contributed by atoms with E-state index >= 15 is 0 Å². The Morgan fingerprint density at radius 1 is 0.868 bits per heavy atom. The van der Waals surface area contributed by atoms with Crippen molar-refractivity contribution in [3.63, 3.8) is 0 Å². The summed E-state index contributed by atoms with van der Waals surface area (Å²) in [6.07, 6.45) is 0.814. The van der Waals surface area contributed by atoms with Crippen LogP contribution >= 0.6 is 0 Å². The molecule has 0 saturated heterocycles. The van der Waals surface area contributed by atoms with Crippen molar-refractivity contribution in [2.75, 3.05) is 0 Å². The van der Waals surface area contributed by atoms with E-state index in [1.165, 1.54) is 0 Å². The number of amides is 1. The molecule has 4 aromatic carbocycles. The highest BCUT2D eigenvalue weighted by atomic mass is 16.4. The van der Waals surface area contributed by atoms with Gasteiger partial charge in [0.25, 0.3) is 5.91 Å². The number of fused-ring (bicyclic) bond motifs is 1. The number of carboxylic acid groups (broad SMARTS) is 1. The van der Waals surface area contributed by atoms with E-state index in [4.69, 9.17) is 0 Å². The minimum Gasteiger partial charge on any atom is -0.478 e. The predicted octanol–water partition coefficient (Wildman–Crippen LogP) is 7.24. The number of aromatic carboxylic acids is 1. The molecule has 1 amide bonds. The first-order chi connectivity index (χ1) is 18.4. The fraction of sp³-hybridized carbons (Fsp3) is 0.152. The van der Waals surface area contributed by atoms with Gasteiger partial charge in [-0.15, -0.1) is 0 Å². The number of hydrogen-bond acceptors (Lipinski definition) is 2. The maximum absolute atomic E-state index is 13.1. The summed E-state index contributed by atoms with van der Waals surface area (Å²) in [4.78, 5) is 24.7. The molecule has 1 aromatic heterocycles. The summed E-state index contributed by atoms with van der Waals surface area (Å²) in [6, 6.07) is 33.0. The number of carbonyl (C=O) groups is 2. The molecule has 1 heterocycles. The Balaban J connectivity index is 1.36. The minimum absolute atomic E-state index is 0.0313. The van der Waals surface area contributed by atoms with E-state index in [1.807, 2.05) is 84.9 Å². The number of nitrogens with one attached hydrogen (secondary N) is 1. The SMILES string of the molecule is CCC(NC(=O)c1ccc2c(c1)cc(C)n2Cc1ccc(-c2ccccc2C(=O)O)cc1)c1ccccc1. The minimum atomic E-state index is -0.933. The van der Waals surface area contributed by atoms with Gasteiger partial charge in [-0.1, -0.05) is 79.7 Å². The summed E-state index contributed by atoms with van der Waals surface area (Å²) in [5, 5.41) is 13.7. The molecular weight excluding hydrogens is 472 g/mol. The van der Waals surface area contributed by atoms with Crippen LogP contribution in [0.3, 0.4) is 0 Å². The normalized spacial score (nSPS) is 11.8. The maximum atomic E-state index is 13.1. The number of benzene rings is 4. The van der Waals surface area contributed by atoms with E-state index < -0.39 is 5.97 Å². The lowest BCUT2D eigenvalue weighted by Gasteiger charge is -2.17. The van der Waals surface area contributed by atoms with Crippen molar-refractivity contribution in [2.45, 2.75) is 32.9 Å². The number of aromatic nitrogens is 1. The molecule has 5 rings (SSSR count). The second-order valence-corrected chi connectivity index (χ2v) is 9.54. The van der Waals surface area contributed by atoms with Gasteiger partial charge in [0.05, 0.1) is 11.6 Å². The zero-order valence-electron chi connectivity index (χ0n) is 21.5. The molecule has 5 aromatic rings. The second kappa shape index (κ2) is 10.8. The molecule has 0 bridgehead atoms. The molecular formula is C33H30N2O3. The Labute approximate surface area is 222 Å². The maximum Gasteiger partial charge on any atom is 0.336 e. The number of carboxylic acids is 1. The number of aryl methyl sites for hydroxylation is 1. The third-order valence-electron chi connectivity index (χ3n) is 7.05. The standard InChI is InChI=1S/C33H30N2O3/c1-3-30(25-9-5-4-6-10-25)34-32(36)26-17-18-31-27(20-26)19-22(2)35(31)21-23-13-15-24(16-14-23)28-11-7-8-12-29(28)33(37)38/h4-20,30H,3,21H2,1-2H3,(H,34,36)(H,37,38). The first-order valence-corrected chi connectivity index (χ1v) is 12.8. The van der Waals surface area contributed by atoms with Crippen LogP contribution < -0.4 is 5.32 Å². The zero-order valence-corrected chi connectivity index (χ0v) is 21.5. The van der Waals surface area contributed by atoms with Crippen LogP contribution in [0.2, 0.25) is 0 Å². The molecule has 0 saturated carbocycles. The van der Waals surface area contributed by atoms with Crippen LogP contribution in [-0.4, -0.2) is 21.6 Å². The summed E-state index contributed by atoms with van der Waals surface area (Å²) in [6.45, 7) is 4.81. The van der Waals surface area contributed by atoms with Gasteiger partial charge in [-0.3, -0.25) is 4.79 Å². The van der Waals surface area contributed by atoms with Crippen LogP contribution in [0, 0.1) is 6.92 Å². The molecule has 5 heteroatoms. The number of carbonyl (C=O) groups excluding carboxylic acids is 1. The van der Waals surface area contributed by atoms with Crippen molar-refractivity contribution in [3.8, 4) is 11.1 Å². The van der Waals surface area contributed by atoms with Gasteiger partial charge >= 0.3 is 5.97 Å². The lowest BCUT2D eigenvalue weighted by Crippen LogP contribution is -2.28. The quantitative estimate of drug-likeness (QED) is 0.235. The highest BCUT2D eigenvalue weighted by Crippen LogP contribution is 2.27. The van der Waals surface area contributed by atoms with E-state index in [0.717, 1.165) is 39.7 Å². The van der Waals surface area contributed by atoms with Crippen LogP contribution in [0.25, 0.3) is 22.0 Å². The molecule has 0 aliphatic heterocycles. The lowest BCUT2D eigenvalue weighted by molar-refractivity contribution is 0.0697. The molecule has 190 valence electrons. The van der Waals surface area contributed by atoms with Crippen LogP contribution in [0.4, 0.5) is 0 Å². The fourth-order valence-electron chi connectivity index (χ4n) is 5.00. The summed E-state index contributed by atoms with van der Waals surface area (Å²) < 4.78 is 2.23. The Morgan fingerprint density at radius 3 is 2.29 bits per heavy atom. The highest BCUT2D eigenvalue weighted by molar-refractivity contribution is 5.98. The molecule has 5 nitrogen and oxygen atoms in total. The highest BCUT2D eigenvalue weighted by Gasteiger charge is 2.16. The monoisotopic (exact) mass is 502 g/mol. The molecule has 1 atom stereocenters. The molecule has 0 spiro atoms. The summed E-state index contributed by atoms with van der Waals surface area (Å²) >= 11 is 0. The molecule has 1 unspecified atom stereocenters. The second-order valence-electron chi connectivity index (χ2n) is 9.54. The van der Waals surface area contributed by atoms with Crippen molar-refractivity contribution in [2.24, 2.45) is 0 Å². The molecule has 0 aliphatic rings. The van der Waals surface area contributed by atoms with Gasteiger partial charge in [-0.25, -0.2) is 4.79 Å². The first kappa shape index (κ1) is 25.0. The zero-order chi connectivity index (χ0) is 26.6. The summed E-state index contributed by atoms with van der Waals surface area (Å²) in [5.41, 5.74) is 6.89. The van der Waals surface area contributed by atoms with Gasteiger partial charge in [0.15, 0.2) is 0 Å². The fourth-order valence-corrected chi connectivity index (χ4v) is 5.00. The number of nitrogens with zero attached hydrogens (tertiary/aromatic N) is 1. The summed E-state index contributed by atoms with van der Waals surface area (Å²) in [5.74, 6) is -1.01. The van der Waals surface area contributed by atoms with E-state index in [1.54, 1.807) is 12.1 Å². The number of hydrogen-bond donors (Lipinski definition) is 2. The van der Waals surface area contributed by atoms with Crippen molar-refractivity contribution >= 4 is 22.8 Å². The molecule has 0 radical (unpaired) electrons.